The lowest BCUT2D eigenvalue weighted by Gasteiger charge is -2.07. The van der Waals surface area contributed by atoms with Crippen molar-refractivity contribution in [3.63, 3.8) is 0 Å². The van der Waals surface area contributed by atoms with E-state index in [1.807, 2.05) is 23.1 Å². The van der Waals surface area contributed by atoms with Gasteiger partial charge in [-0.2, -0.15) is 11.8 Å². The molecule has 0 radical (unpaired) electrons. The Morgan fingerprint density at radius 1 is 1.30 bits per heavy atom. The van der Waals surface area contributed by atoms with Crippen LogP contribution >= 0.6 is 28.4 Å². The van der Waals surface area contributed by atoms with E-state index in [1.54, 1.807) is 0 Å². The zero-order valence-electron chi connectivity index (χ0n) is 6.79. The highest BCUT2D eigenvalue weighted by molar-refractivity contribution is 8.70. The second-order valence-electron chi connectivity index (χ2n) is 2.28. The van der Waals surface area contributed by atoms with Gasteiger partial charge in [-0.3, -0.25) is 0 Å². The van der Waals surface area contributed by atoms with E-state index in [2.05, 4.69) is 20.3 Å². The molecule has 0 aliphatic rings. The molecular formula is C6H15PS3. The summed E-state index contributed by atoms with van der Waals surface area (Å²) in [5.74, 6) is 3.74. The predicted molar refractivity (Wildman–Crippen MR) is 61.6 cm³/mol. The summed E-state index contributed by atoms with van der Waals surface area (Å²) >= 11 is 9.28. The van der Waals surface area contributed by atoms with Gasteiger partial charge in [0.25, 0.3) is 0 Å². The lowest BCUT2D eigenvalue weighted by atomic mass is 10.9. The van der Waals surface area contributed by atoms with Crippen LogP contribution in [0.1, 0.15) is 6.92 Å². The average molecular weight is 214 g/mol. The number of rotatable bonds is 5. The molecule has 0 saturated heterocycles. The van der Waals surface area contributed by atoms with Gasteiger partial charge in [-0.1, -0.05) is 18.7 Å². The summed E-state index contributed by atoms with van der Waals surface area (Å²) in [6.07, 6.45) is 0. The van der Waals surface area contributed by atoms with Gasteiger partial charge in [0.05, 0.1) is 0 Å². The molecule has 0 fully saturated rings. The first-order valence-electron chi connectivity index (χ1n) is 3.33. The SMILES string of the molecule is CCSCCSP(C)(C)=S. The van der Waals surface area contributed by atoms with Gasteiger partial charge in [-0.15, -0.1) is 11.4 Å². The zero-order chi connectivity index (χ0) is 8.04. The van der Waals surface area contributed by atoms with Crippen molar-refractivity contribution in [1.29, 1.82) is 0 Å². The molecule has 0 N–H and O–H groups in total. The van der Waals surface area contributed by atoms with E-state index in [4.69, 9.17) is 11.8 Å². The number of hydrogen-bond acceptors (Lipinski definition) is 3. The Bertz CT molecular complexity index is 118. The largest absolute Gasteiger partial charge is 0.161 e. The Morgan fingerprint density at radius 2 is 1.90 bits per heavy atom. The van der Waals surface area contributed by atoms with Gasteiger partial charge < -0.3 is 0 Å². The van der Waals surface area contributed by atoms with Crippen LogP contribution in [-0.4, -0.2) is 30.6 Å². The molecule has 0 nitrogen and oxygen atoms in total. The number of thioether (sulfide) groups is 1. The summed E-state index contributed by atoms with van der Waals surface area (Å²) in [6.45, 7) is 6.59. The Hall–Kier alpha value is 1.35. The van der Waals surface area contributed by atoms with Crippen molar-refractivity contribution in [2.24, 2.45) is 0 Å². The molecule has 0 aromatic heterocycles. The highest BCUT2D eigenvalue weighted by atomic mass is 32.9. The van der Waals surface area contributed by atoms with Gasteiger partial charge in [0.1, 0.15) is 0 Å². The van der Waals surface area contributed by atoms with Crippen LogP contribution in [-0.2, 0) is 11.8 Å². The topological polar surface area (TPSA) is 0 Å². The summed E-state index contributed by atoms with van der Waals surface area (Å²) in [4.78, 5) is 0. The van der Waals surface area contributed by atoms with Crippen molar-refractivity contribution in [2.45, 2.75) is 6.92 Å². The minimum Gasteiger partial charge on any atom is -0.161 e. The van der Waals surface area contributed by atoms with E-state index < -0.39 is 5.24 Å². The van der Waals surface area contributed by atoms with E-state index in [1.165, 1.54) is 17.3 Å². The molecule has 0 aromatic carbocycles. The Balaban J connectivity index is 3.13. The lowest BCUT2D eigenvalue weighted by Crippen LogP contribution is -1.83. The molecule has 0 rings (SSSR count). The van der Waals surface area contributed by atoms with Gasteiger partial charge in [-0.25, -0.2) is 0 Å². The first kappa shape index (κ1) is 11.4. The fourth-order valence-corrected chi connectivity index (χ4v) is 4.62. The van der Waals surface area contributed by atoms with Gasteiger partial charge in [0.15, 0.2) is 0 Å². The van der Waals surface area contributed by atoms with Gasteiger partial charge in [0, 0.05) is 16.7 Å². The van der Waals surface area contributed by atoms with Crippen LogP contribution < -0.4 is 0 Å². The zero-order valence-corrected chi connectivity index (χ0v) is 10.1. The van der Waals surface area contributed by atoms with E-state index in [-0.39, 0.29) is 0 Å². The van der Waals surface area contributed by atoms with Crippen molar-refractivity contribution in [2.75, 3.05) is 30.6 Å². The Morgan fingerprint density at radius 3 is 2.30 bits per heavy atom. The van der Waals surface area contributed by atoms with Crippen molar-refractivity contribution in [3.8, 4) is 0 Å². The first-order valence-corrected chi connectivity index (χ1v) is 9.77. The first-order chi connectivity index (χ1) is 4.56. The standard InChI is InChI=1S/C6H15PS3/c1-4-9-5-6-10-7(2,3)8/h4-6H2,1-3H3. The minimum atomic E-state index is -0.969. The fraction of sp³-hybridized carbons (Fsp3) is 1.00. The van der Waals surface area contributed by atoms with Crippen LogP contribution in [0.5, 0.6) is 0 Å². The summed E-state index contributed by atoms with van der Waals surface area (Å²) in [7, 11) is 0. The van der Waals surface area contributed by atoms with Crippen molar-refractivity contribution >= 4 is 40.2 Å². The van der Waals surface area contributed by atoms with E-state index in [9.17, 15) is 0 Å². The molecule has 0 bridgehead atoms. The van der Waals surface area contributed by atoms with Crippen LogP contribution in [0.25, 0.3) is 0 Å². The van der Waals surface area contributed by atoms with Crippen LogP contribution in [0, 0.1) is 0 Å². The second kappa shape index (κ2) is 5.93. The quantitative estimate of drug-likeness (QED) is 0.510. The van der Waals surface area contributed by atoms with Crippen LogP contribution in [0.3, 0.4) is 0 Å². The Labute approximate surface area is 77.7 Å². The summed E-state index contributed by atoms with van der Waals surface area (Å²) in [5.41, 5.74) is 0. The van der Waals surface area contributed by atoms with E-state index >= 15 is 0 Å². The summed E-state index contributed by atoms with van der Waals surface area (Å²) in [5, 5.41) is -0.969. The highest BCUT2D eigenvalue weighted by Crippen LogP contribution is 2.51. The normalized spacial score (nSPS) is 11.9. The van der Waals surface area contributed by atoms with Gasteiger partial charge in [-0.05, 0) is 19.1 Å². The molecule has 4 heteroatoms. The maximum atomic E-state index is 5.30. The average Bonchev–Trinajstić information content (AvgIpc) is 1.78. The highest BCUT2D eigenvalue weighted by Gasteiger charge is 2.00. The third-order valence-corrected chi connectivity index (χ3v) is 6.36. The molecule has 62 valence electrons. The molecule has 0 heterocycles. The van der Waals surface area contributed by atoms with E-state index in [0.717, 1.165) is 0 Å². The summed E-state index contributed by atoms with van der Waals surface area (Å²) < 4.78 is 0. The van der Waals surface area contributed by atoms with Crippen LogP contribution in [0.15, 0.2) is 0 Å². The van der Waals surface area contributed by atoms with Gasteiger partial charge >= 0.3 is 0 Å². The second-order valence-corrected chi connectivity index (χ2v) is 13.8. The monoisotopic (exact) mass is 214 g/mol. The number of hydrogen-bond donors (Lipinski definition) is 0. The molecule has 0 aromatic rings. The smallest absolute Gasteiger partial charge is 0.00728 e. The fourth-order valence-electron chi connectivity index (χ4n) is 0.460. The van der Waals surface area contributed by atoms with Crippen LogP contribution in [0.4, 0.5) is 0 Å². The molecule has 0 aliphatic carbocycles. The maximum absolute atomic E-state index is 5.30. The third-order valence-electron chi connectivity index (χ3n) is 0.834. The molecule has 0 saturated carbocycles. The van der Waals surface area contributed by atoms with Gasteiger partial charge in [0.2, 0.25) is 0 Å². The minimum absolute atomic E-state index is 0.969. The molecule has 0 spiro atoms. The van der Waals surface area contributed by atoms with E-state index in [0.29, 0.717) is 0 Å². The predicted octanol–water partition coefficient (Wildman–Crippen LogP) is 3.13. The molecular weight excluding hydrogens is 199 g/mol. The molecule has 10 heavy (non-hydrogen) atoms. The molecule has 0 atom stereocenters. The summed E-state index contributed by atoms with van der Waals surface area (Å²) in [6, 6.07) is 0. The lowest BCUT2D eigenvalue weighted by molar-refractivity contribution is 1.48. The van der Waals surface area contributed by atoms with Crippen LogP contribution in [0.2, 0.25) is 0 Å². The Kier molecular flexibility index (Phi) is 6.73. The third kappa shape index (κ3) is 9.35. The molecule has 0 aliphatic heterocycles. The van der Waals surface area contributed by atoms with Crippen molar-refractivity contribution < 1.29 is 0 Å². The maximum Gasteiger partial charge on any atom is 0.00728 e. The molecule has 0 amide bonds. The van der Waals surface area contributed by atoms with Crippen molar-refractivity contribution in [1.82, 2.24) is 0 Å². The van der Waals surface area contributed by atoms with Crippen molar-refractivity contribution in [3.05, 3.63) is 0 Å². The molecule has 0 unspecified atom stereocenters.